The van der Waals surface area contributed by atoms with Crippen LogP contribution in [0.4, 0.5) is 5.69 Å². The number of ether oxygens (including phenoxy) is 1. The van der Waals surface area contributed by atoms with E-state index in [1.54, 1.807) is 31.4 Å². The number of benzene rings is 2. The van der Waals surface area contributed by atoms with E-state index in [9.17, 15) is 9.59 Å². The number of carbonyl (C=O) groups excluding carboxylic acids is 2. The SMILES string of the molecule is COc1ccc(NC(=O)C[C@@H]2C(=O)N(Cc3ccccc3)CC2(C)C)cc1. The average molecular weight is 366 g/mol. The summed E-state index contributed by atoms with van der Waals surface area (Å²) in [6.45, 7) is 5.35. The lowest BCUT2D eigenvalue weighted by Crippen LogP contribution is -2.30. The molecule has 1 aliphatic rings. The Kier molecular flexibility index (Phi) is 5.49. The quantitative estimate of drug-likeness (QED) is 0.848. The Bertz CT molecular complexity index is 800. The van der Waals surface area contributed by atoms with Gasteiger partial charge in [0.25, 0.3) is 0 Å². The first-order chi connectivity index (χ1) is 12.9. The molecule has 0 bridgehead atoms. The number of nitrogens with zero attached hydrogens (tertiary/aromatic N) is 1. The van der Waals surface area contributed by atoms with Crippen LogP contribution in [0.1, 0.15) is 25.8 Å². The van der Waals surface area contributed by atoms with Crippen molar-refractivity contribution in [3.63, 3.8) is 0 Å². The minimum Gasteiger partial charge on any atom is -0.497 e. The number of hydrogen-bond donors (Lipinski definition) is 1. The summed E-state index contributed by atoms with van der Waals surface area (Å²) in [6, 6.07) is 17.1. The zero-order chi connectivity index (χ0) is 19.4. The Hall–Kier alpha value is -2.82. The summed E-state index contributed by atoms with van der Waals surface area (Å²) in [5, 5.41) is 2.88. The van der Waals surface area contributed by atoms with Gasteiger partial charge in [0, 0.05) is 25.2 Å². The first kappa shape index (κ1) is 19.0. The normalized spacial score (nSPS) is 18.4. The van der Waals surface area contributed by atoms with Crippen molar-refractivity contribution < 1.29 is 14.3 Å². The van der Waals surface area contributed by atoms with Gasteiger partial charge in [-0.2, -0.15) is 0 Å². The van der Waals surface area contributed by atoms with E-state index in [1.807, 2.05) is 35.2 Å². The third kappa shape index (κ3) is 4.48. The molecule has 0 unspecified atom stereocenters. The van der Waals surface area contributed by atoms with Gasteiger partial charge in [-0.05, 0) is 35.2 Å². The third-order valence-electron chi connectivity index (χ3n) is 5.13. The smallest absolute Gasteiger partial charge is 0.227 e. The van der Waals surface area contributed by atoms with Gasteiger partial charge in [-0.1, -0.05) is 44.2 Å². The molecule has 1 aliphatic heterocycles. The van der Waals surface area contributed by atoms with Crippen LogP contribution in [0.2, 0.25) is 0 Å². The minimum atomic E-state index is -0.320. The molecule has 3 rings (SSSR count). The van der Waals surface area contributed by atoms with Crippen molar-refractivity contribution in [2.75, 3.05) is 19.0 Å². The van der Waals surface area contributed by atoms with E-state index in [0.717, 1.165) is 11.3 Å². The van der Waals surface area contributed by atoms with Crippen LogP contribution in [0.5, 0.6) is 5.75 Å². The Balaban J connectivity index is 1.64. The van der Waals surface area contributed by atoms with E-state index in [2.05, 4.69) is 19.2 Å². The fourth-order valence-corrected chi connectivity index (χ4v) is 3.61. The Morgan fingerprint density at radius 2 is 1.81 bits per heavy atom. The van der Waals surface area contributed by atoms with E-state index < -0.39 is 0 Å². The summed E-state index contributed by atoms with van der Waals surface area (Å²) in [7, 11) is 1.60. The van der Waals surface area contributed by atoms with Gasteiger partial charge >= 0.3 is 0 Å². The van der Waals surface area contributed by atoms with Crippen molar-refractivity contribution in [3.8, 4) is 5.75 Å². The summed E-state index contributed by atoms with van der Waals surface area (Å²) in [5.41, 5.74) is 1.55. The topological polar surface area (TPSA) is 58.6 Å². The summed E-state index contributed by atoms with van der Waals surface area (Å²) < 4.78 is 5.12. The number of rotatable bonds is 6. The van der Waals surface area contributed by atoms with Crippen molar-refractivity contribution in [1.29, 1.82) is 0 Å². The van der Waals surface area contributed by atoms with Gasteiger partial charge in [0.15, 0.2) is 0 Å². The second-order valence-electron chi connectivity index (χ2n) is 7.70. The van der Waals surface area contributed by atoms with Crippen molar-refractivity contribution in [2.45, 2.75) is 26.8 Å². The molecule has 1 fully saturated rings. The third-order valence-corrected chi connectivity index (χ3v) is 5.13. The number of amides is 2. The first-order valence-corrected chi connectivity index (χ1v) is 9.15. The van der Waals surface area contributed by atoms with Crippen LogP contribution in [0.3, 0.4) is 0 Å². The molecular formula is C22H26N2O3. The standard InChI is InChI=1S/C22H26N2O3/c1-22(2)15-24(14-16-7-5-4-6-8-16)21(26)19(22)13-20(25)23-17-9-11-18(27-3)12-10-17/h4-12,19H,13-15H2,1-3H3,(H,23,25)/t19-/m1/s1. The monoisotopic (exact) mass is 366 g/mol. The number of anilines is 1. The molecule has 0 saturated carbocycles. The molecule has 27 heavy (non-hydrogen) atoms. The molecular weight excluding hydrogens is 340 g/mol. The summed E-state index contributed by atoms with van der Waals surface area (Å²) in [5.74, 6) is 0.318. The molecule has 1 heterocycles. The lowest BCUT2D eigenvalue weighted by Gasteiger charge is -2.23. The van der Waals surface area contributed by atoms with Crippen LogP contribution in [0.15, 0.2) is 54.6 Å². The Morgan fingerprint density at radius 3 is 2.44 bits per heavy atom. The Labute approximate surface area is 160 Å². The zero-order valence-corrected chi connectivity index (χ0v) is 16.1. The van der Waals surface area contributed by atoms with Crippen molar-refractivity contribution >= 4 is 17.5 Å². The molecule has 0 radical (unpaired) electrons. The molecule has 5 nitrogen and oxygen atoms in total. The second-order valence-corrected chi connectivity index (χ2v) is 7.70. The van der Waals surface area contributed by atoms with Crippen molar-refractivity contribution in [1.82, 2.24) is 4.90 Å². The summed E-state index contributed by atoms with van der Waals surface area (Å²) in [4.78, 5) is 27.3. The number of hydrogen-bond acceptors (Lipinski definition) is 3. The lowest BCUT2D eigenvalue weighted by molar-refractivity contribution is -0.134. The molecule has 1 N–H and O–H groups in total. The highest BCUT2D eigenvalue weighted by Crippen LogP contribution is 2.39. The van der Waals surface area contributed by atoms with Crippen LogP contribution in [-0.2, 0) is 16.1 Å². The van der Waals surface area contributed by atoms with Gasteiger partial charge in [0.05, 0.1) is 13.0 Å². The molecule has 2 aromatic carbocycles. The molecule has 0 aromatic heterocycles. The minimum absolute atomic E-state index is 0.0498. The van der Waals surface area contributed by atoms with E-state index in [4.69, 9.17) is 4.74 Å². The van der Waals surface area contributed by atoms with Crippen molar-refractivity contribution in [2.24, 2.45) is 11.3 Å². The van der Waals surface area contributed by atoms with Gasteiger partial charge in [-0.3, -0.25) is 9.59 Å². The summed E-state index contributed by atoms with van der Waals surface area (Å²) in [6.07, 6.45) is 0.184. The largest absolute Gasteiger partial charge is 0.497 e. The van der Waals surface area contributed by atoms with Crippen LogP contribution >= 0.6 is 0 Å². The molecule has 1 saturated heterocycles. The van der Waals surface area contributed by atoms with Gasteiger partial charge in [0.2, 0.25) is 11.8 Å². The van der Waals surface area contributed by atoms with Gasteiger partial charge in [-0.15, -0.1) is 0 Å². The maximum atomic E-state index is 12.9. The highest BCUT2D eigenvalue weighted by atomic mass is 16.5. The highest BCUT2D eigenvalue weighted by Gasteiger charge is 2.46. The molecule has 2 aromatic rings. The molecule has 0 aliphatic carbocycles. The number of likely N-dealkylation sites (tertiary alicyclic amines) is 1. The van der Waals surface area contributed by atoms with E-state index in [1.165, 1.54) is 0 Å². The lowest BCUT2D eigenvalue weighted by atomic mass is 9.79. The highest BCUT2D eigenvalue weighted by molar-refractivity contribution is 5.95. The van der Waals surface area contributed by atoms with Crippen molar-refractivity contribution in [3.05, 3.63) is 60.2 Å². The van der Waals surface area contributed by atoms with Gasteiger partial charge in [-0.25, -0.2) is 0 Å². The fourth-order valence-electron chi connectivity index (χ4n) is 3.61. The fraction of sp³-hybridized carbons (Fsp3) is 0.364. The average Bonchev–Trinajstić information content (AvgIpc) is 2.86. The first-order valence-electron chi connectivity index (χ1n) is 9.15. The van der Waals surface area contributed by atoms with Crippen LogP contribution < -0.4 is 10.1 Å². The van der Waals surface area contributed by atoms with Gasteiger partial charge < -0.3 is 15.0 Å². The zero-order valence-electron chi connectivity index (χ0n) is 16.1. The van der Waals surface area contributed by atoms with Gasteiger partial charge in [0.1, 0.15) is 5.75 Å². The van der Waals surface area contributed by atoms with Crippen LogP contribution in [0.25, 0.3) is 0 Å². The maximum Gasteiger partial charge on any atom is 0.227 e. The second kappa shape index (κ2) is 7.82. The van der Waals surface area contributed by atoms with Crippen LogP contribution in [0, 0.1) is 11.3 Å². The van der Waals surface area contributed by atoms with Crippen LogP contribution in [-0.4, -0.2) is 30.4 Å². The molecule has 0 spiro atoms. The molecule has 2 amide bonds. The predicted molar refractivity (Wildman–Crippen MR) is 105 cm³/mol. The number of methoxy groups -OCH3 is 1. The Morgan fingerprint density at radius 1 is 1.15 bits per heavy atom. The van der Waals surface area contributed by atoms with E-state index in [-0.39, 0.29) is 29.6 Å². The van der Waals surface area contributed by atoms with E-state index >= 15 is 0 Å². The summed E-state index contributed by atoms with van der Waals surface area (Å²) >= 11 is 0. The molecule has 142 valence electrons. The van der Waals surface area contributed by atoms with E-state index in [0.29, 0.717) is 18.8 Å². The maximum absolute atomic E-state index is 12.9. The number of carbonyl (C=O) groups is 2. The molecule has 5 heteroatoms. The predicted octanol–water partition coefficient (Wildman–Crippen LogP) is 3.71. The number of nitrogens with one attached hydrogen (secondary N) is 1. The molecule has 1 atom stereocenters.